The lowest BCUT2D eigenvalue weighted by Crippen LogP contribution is -2.45. The minimum atomic E-state index is 0.292. The molecule has 0 heterocycles. The van der Waals surface area contributed by atoms with Crippen LogP contribution in [0.15, 0.2) is 0 Å². The van der Waals surface area contributed by atoms with Crippen LogP contribution in [-0.2, 0) is 4.74 Å². The minimum absolute atomic E-state index is 0.292. The van der Waals surface area contributed by atoms with Gasteiger partial charge in [-0.3, -0.25) is 0 Å². The second-order valence-corrected chi connectivity index (χ2v) is 5.85. The van der Waals surface area contributed by atoms with Crippen LogP contribution in [0.2, 0.25) is 0 Å². The van der Waals surface area contributed by atoms with Crippen LogP contribution in [0.25, 0.3) is 0 Å². The van der Waals surface area contributed by atoms with Gasteiger partial charge in [-0.1, -0.05) is 19.8 Å². The van der Waals surface area contributed by atoms with Crippen molar-refractivity contribution < 1.29 is 4.74 Å². The molecule has 0 spiro atoms. The molecule has 0 aliphatic heterocycles. The van der Waals surface area contributed by atoms with Crippen LogP contribution in [0.3, 0.4) is 0 Å². The second-order valence-electron chi connectivity index (χ2n) is 5.85. The van der Waals surface area contributed by atoms with Gasteiger partial charge in [-0.05, 0) is 50.4 Å². The SMILES string of the molecule is CCOC(C1CC1)C(N)C1CCC(C)CC1. The van der Waals surface area contributed by atoms with Crippen LogP contribution in [0.5, 0.6) is 0 Å². The van der Waals surface area contributed by atoms with Gasteiger partial charge in [0, 0.05) is 12.6 Å². The Morgan fingerprint density at radius 3 is 2.12 bits per heavy atom. The van der Waals surface area contributed by atoms with Crippen molar-refractivity contribution in [2.75, 3.05) is 6.61 Å². The van der Waals surface area contributed by atoms with E-state index in [0.717, 1.165) is 18.4 Å². The molecule has 0 radical (unpaired) electrons. The highest BCUT2D eigenvalue weighted by Crippen LogP contribution is 2.39. The van der Waals surface area contributed by atoms with Gasteiger partial charge in [0.25, 0.3) is 0 Å². The molecule has 0 bridgehead atoms. The van der Waals surface area contributed by atoms with E-state index in [1.807, 2.05) is 0 Å². The summed E-state index contributed by atoms with van der Waals surface area (Å²) < 4.78 is 5.88. The number of nitrogens with two attached hydrogens (primary N) is 1. The lowest BCUT2D eigenvalue weighted by molar-refractivity contribution is 0.00740. The highest BCUT2D eigenvalue weighted by Gasteiger charge is 2.39. The summed E-state index contributed by atoms with van der Waals surface area (Å²) in [7, 11) is 0. The lowest BCUT2D eigenvalue weighted by atomic mass is 9.77. The molecule has 0 aromatic rings. The summed E-state index contributed by atoms with van der Waals surface area (Å²) in [6.45, 7) is 5.27. The van der Waals surface area contributed by atoms with E-state index < -0.39 is 0 Å². The summed E-state index contributed by atoms with van der Waals surface area (Å²) in [5.41, 5.74) is 6.44. The molecular weight excluding hydrogens is 198 g/mol. The first-order valence-corrected chi connectivity index (χ1v) is 7.09. The van der Waals surface area contributed by atoms with E-state index in [1.54, 1.807) is 0 Å². The molecule has 2 unspecified atom stereocenters. The first kappa shape index (κ1) is 12.4. The molecule has 2 rings (SSSR count). The maximum absolute atomic E-state index is 6.44. The van der Waals surface area contributed by atoms with Crippen molar-refractivity contribution >= 4 is 0 Å². The van der Waals surface area contributed by atoms with E-state index in [9.17, 15) is 0 Å². The van der Waals surface area contributed by atoms with Crippen LogP contribution in [0, 0.1) is 17.8 Å². The highest BCUT2D eigenvalue weighted by molar-refractivity contribution is 4.93. The van der Waals surface area contributed by atoms with Crippen molar-refractivity contribution in [2.45, 2.75) is 64.5 Å². The minimum Gasteiger partial charge on any atom is -0.377 e. The third-order valence-electron chi connectivity index (χ3n) is 4.43. The molecule has 2 aliphatic rings. The first-order valence-electron chi connectivity index (χ1n) is 7.09. The second kappa shape index (κ2) is 5.50. The summed E-state index contributed by atoms with van der Waals surface area (Å²) in [5.74, 6) is 2.40. The molecule has 2 aliphatic carbocycles. The zero-order chi connectivity index (χ0) is 11.5. The van der Waals surface area contributed by atoms with Crippen LogP contribution in [0.1, 0.15) is 52.4 Å². The predicted octanol–water partition coefficient (Wildman–Crippen LogP) is 2.96. The van der Waals surface area contributed by atoms with Gasteiger partial charge >= 0.3 is 0 Å². The van der Waals surface area contributed by atoms with Crippen molar-refractivity contribution in [1.29, 1.82) is 0 Å². The van der Waals surface area contributed by atoms with Gasteiger partial charge in [0.1, 0.15) is 0 Å². The van der Waals surface area contributed by atoms with E-state index in [1.165, 1.54) is 38.5 Å². The topological polar surface area (TPSA) is 35.2 Å². The van der Waals surface area contributed by atoms with Gasteiger partial charge in [0.05, 0.1) is 6.10 Å². The summed E-state index contributed by atoms with van der Waals surface area (Å²) >= 11 is 0. The Bertz CT molecular complexity index is 207. The quantitative estimate of drug-likeness (QED) is 0.780. The summed E-state index contributed by atoms with van der Waals surface area (Å²) in [4.78, 5) is 0. The Kier molecular flexibility index (Phi) is 4.26. The van der Waals surface area contributed by atoms with Crippen molar-refractivity contribution in [1.82, 2.24) is 0 Å². The summed E-state index contributed by atoms with van der Waals surface area (Å²) in [6.07, 6.45) is 8.38. The van der Waals surface area contributed by atoms with Crippen LogP contribution < -0.4 is 5.73 Å². The van der Waals surface area contributed by atoms with E-state index in [4.69, 9.17) is 10.5 Å². The van der Waals surface area contributed by atoms with E-state index in [-0.39, 0.29) is 0 Å². The lowest BCUT2D eigenvalue weighted by Gasteiger charge is -2.35. The largest absolute Gasteiger partial charge is 0.377 e. The molecule has 0 aromatic carbocycles. The molecular formula is C14H27NO. The van der Waals surface area contributed by atoms with Crippen LogP contribution in [-0.4, -0.2) is 18.8 Å². The molecule has 16 heavy (non-hydrogen) atoms. The average molecular weight is 225 g/mol. The molecule has 2 atom stereocenters. The molecule has 2 nitrogen and oxygen atoms in total. The van der Waals surface area contributed by atoms with Gasteiger partial charge < -0.3 is 10.5 Å². The number of ether oxygens (including phenoxy) is 1. The fourth-order valence-corrected chi connectivity index (χ4v) is 3.12. The smallest absolute Gasteiger partial charge is 0.0756 e. The maximum Gasteiger partial charge on any atom is 0.0756 e. The van der Waals surface area contributed by atoms with Gasteiger partial charge in [0.15, 0.2) is 0 Å². The molecule has 0 amide bonds. The Balaban J connectivity index is 1.86. The van der Waals surface area contributed by atoms with Crippen LogP contribution >= 0.6 is 0 Å². The van der Waals surface area contributed by atoms with Gasteiger partial charge in [-0.25, -0.2) is 0 Å². The fourth-order valence-electron chi connectivity index (χ4n) is 3.12. The van der Waals surface area contributed by atoms with Crippen LogP contribution in [0.4, 0.5) is 0 Å². The molecule has 0 aromatic heterocycles. The molecule has 2 fully saturated rings. The summed E-state index contributed by atoms with van der Waals surface area (Å²) in [6, 6.07) is 0.292. The third-order valence-corrected chi connectivity index (χ3v) is 4.43. The first-order chi connectivity index (χ1) is 7.72. The van der Waals surface area contributed by atoms with Crippen molar-refractivity contribution in [3.05, 3.63) is 0 Å². The van der Waals surface area contributed by atoms with Gasteiger partial charge in [-0.15, -0.1) is 0 Å². The molecule has 2 heteroatoms. The molecule has 0 saturated heterocycles. The van der Waals surface area contributed by atoms with Crippen molar-refractivity contribution in [3.8, 4) is 0 Å². The molecule has 2 N–H and O–H groups in total. The van der Waals surface area contributed by atoms with Gasteiger partial charge in [-0.2, -0.15) is 0 Å². The number of hydrogen-bond acceptors (Lipinski definition) is 2. The predicted molar refractivity (Wildman–Crippen MR) is 67.2 cm³/mol. The fraction of sp³-hybridized carbons (Fsp3) is 1.00. The number of rotatable bonds is 5. The molecule has 2 saturated carbocycles. The Morgan fingerprint density at radius 1 is 1.06 bits per heavy atom. The van der Waals surface area contributed by atoms with E-state index in [0.29, 0.717) is 18.1 Å². The van der Waals surface area contributed by atoms with Crippen molar-refractivity contribution in [3.63, 3.8) is 0 Å². The van der Waals surface area contributed by atoms with Crippen molar-refractivity contribution in [2.24, 2.45) is 23.5 Å². The summed E-state index contributed by atoms with van der Waals surface area (Å²) in [5, 5.41) is 0. The third kappa shape index (κ3) is 2.98. The Morgan fingerprint density at radius 2 is 1.62 bits per heavy atom. The molecule has 94 valence electrons. The monoisotopic (exact) mass is 225 g/mol. The van der Waals surface area contributed by atoms with E-state index >= 15 is 0 Å². The zero-order valence-corrected chi connectivity index (χ0v) is 10.8. The maximum atomic E-state index is 6.44. The van der Waals surface area contributed by atoms with Gasteiger partial charge in [0.2, 0.25) is 0 Å². The Labute approximate surface area is 99.9 Å². The average Bonchev–Trinajstić information content (AvgIpc) is 3.10. The zero-order valence-electron chi connectivity index (χ0n) is 10.8. The van der Waals surface area contributed by atoms with E-state index in [2.05, 4.69) is 13.8 Å². The number of hydrogen-bond donors (Lipinski definition) is 1. The highest BCUT2D eigenvalue weighted by atomic mass is 16.5. The Hall–Kier alpha value is -0.0800. The normalized spacial score (nSPS) is 34.7. The standard InChI is InChI=1S/C14H27NO/c1-3-16-14(12-8-9-12)13(15)11-6-4-10(2)5-7-11/h10-14H,3-9,15H2,1-2H3.